The zero-order valence-corrected chi connectivity index (χ0v) is 6.24. The highest BCUT2D eigenvalue weighted by atomic mass is 35.5. The van der Waals surface area contributed by atoms with Crippen LogP contribution in [-0.2, 0) is 0 Å². The van der Waals surface area contributed by atoms with E-state index in [4.69, 9.17) is 11.0 Å². The number of nitrogens with two attached hydrogens (primary N) is 1. The van der Waals surface area contributed by atoms with E-state index in [-0.39, 0.29) is 12.4 Å². The molecule has 1 saturated carbocycles. The summed E-state index contributed by atoms with van der Waals surface area (Å²) in [5, 5.41) is 8.39. The van der Waals surface area contributed by atoms with Gasteiger partial charge >= 0.3 is 0 Å². The molecule has 0 aromatic rings. The third-order valence-corrected chi connectivity index (χ3v) is 1.85. The van der Waals surface area contributed by atoms with Crippen LogP contribution in [0.2, 0.25) is 0 Å². The summed E-state index contributed by atoms with van der Waals surface area (Å²) in [5.41, 5.74) is 5.10. The topological polar surface area (TPSA) is 49.8 Å². The molecule has 0 amide bonds. The number of nitrogens with zero attached hydrogens (tertiary/aromatic N) is 1. The highest BCUT2D eigenvalue weighted by molar-refractivity contribution is 5.85. The molecule has 0 aromatic carbocycles. The van der Waals surface area contributed by atoms with E-state index in [0.717, 1.165) is 12.8 Å². The van der Waals surface area contributed by atoms with Crippen LogP contribution < -0.4 is 5.73 Å². The minimum atomic E-state index is -0.436. The SMILES string of the molecule is CC[C@H]1C[C@@]1(N)C#N.Cl. The van der Waals surface area contributed by atoms with Gasteiger partial charge in [-0.3, -0.25) is 0 Å². The first-order valence-electron chi connectivity index (χ1n) is 2.93. The van der Waals surface area contributed by atoms with Gasteiger partial charge in [0.05, 0.1) is 6.07 Å². The van der Waals surface area contributed by atoms with Gasteiger partial charge in [0, 0.05) is 0 Å². The van der Waals surface area contributed by atoms with Crippen LogP contribution in [0.15, 0.2) is 0 Å². The summed E-state index contributed by atoms with van der Waals surface area (Å²) in [6.45, 7) is 2.07. The molecule has 0 spiro atoms. The Kier molecular flexibility index (Phi) is 2.48. The van der Waals surface area contributed by atoms with Crippen LogP contribution in [-0.4, -0.2) is 5.54 Å². The van der Waals surface area contributed by atoms with Crippen molar-refractivity contribution < 1.29 is 0 Å². The minimum Gasteiger partial charge on any atom is -0.313 e. The molecular weight excluding hydrogens is 136 g/mol. The van der Waals surface area contributed by atoms with E-state index >= 15 is 0 Å². The van der Waals surface area contributed by atoms with Gasteiger partial charge in [-0.05, 0) is 12.3 Å². The Morgan fingerprint density at radius 2 is 2.44 bits per heavy atom. The molecule has 0 aromatic heterocycles. The highest BCUT2D eigenvalue weighted by Crippen LogP contribution is 2.42. The average Bonchev–Trinajstić information content (AvgIpc) is 2.44. The van der Waals surface area contributed by atoms with Crippen LogP contribution in [0.25, 0.3) is 0 Å². The second-order valence-electron chi connectivity index (χ2n) is 2.46. The van der Waals surface area contributed by atoms with Gasteiger partial charge in [-0.1, -0.05) is 13.3 Å². The number of hydrogen-bond acceptors (Lipinski definition) is 2. The maximum absolute atomic E-state index is 8.39. The molecule has 1 rings (SSSR count). The lowest BCUT2D eigenvalue weighted by Gasteiger charge is -1.93. The van der Waals surface area contributed by atoms with Gasteiger partial charge in [-0.15, -0.1) is 12.4 Å². The van der Waals surface area contributed by atoms with Gasteiger partial charge in [0.2, 0.25) is 0 Å². The van der Waals surface area contributed by atoms with Crippen molar-refractivity contribution in [2.45, 2.75) is 25.3 Å². The van der Waals surface area contributed by atoms with Crippen LogP contribution in [0.1, 0.15) is 19.8 Å². The van der Waals surface area contributed by atoms with Crippen molar-refractivity contribution in [3.05, 3.63) is 0 Å². The first-order chi connectivity index (χ1) is 3.73. The Morgan fingerprint density at radius 1 is 1.89 bits per heavy atom. The molecule has 1 aliphatic rings. The fourth-order valence-electron chi connectivity index (χ4n) is 0.994. The van der Waals surface area contributed by atoms with Gasteiger partial charge in [-0.25, -0.2) is 0 Å². The first-order valence-corrected chi connectivity index (χ1v) is 2.93. The largest absolute Gasteiger partial charge is 0.313 e. The third-order valence-electron chi connectivity index (χ3n) is 1.85. The second-order valence-corrected chi connectivity index (χ2v) is 2.46. The predicted molar refractivity (Wildman–Crippen MR) is 38.2 cm³/mol. The Morgan fingerprint density at radius 3 is 2.56 bits per heavy atom. The third kappa shape index (κ3) is 1.35. The maximum atomic E-state index is 8.39. The average molecular weight is 147 g/mol. The minimum absolute atomic E-state index is 0. The summed E-state index contributed by atoms with van der Waals surface area (Å²) >= 11 is 0. The molecule has 0 aliphatic heterocycles. The molecule has 1 fully saturated rings. The van der Waals surface area contributed by atoms with E-state index < -0.39 is 5.54 Å². The molecule has 0 heterocycles. The lowest BCUT2D eigenvalue weighted by atomic mass is 10.2. The van der Waals surface area contributed by atoms with Crippen LogP contribution >= 0.6 is 12.4 Å². The van der Waals surface area contributed by atoms with Gasteiger partial charge in [0.15, 0.2) is 0 Å². The molecule has 9 heavy (non-hydrogen) atoms. The molecule has 3 heteroatoms. The molecule has 0 radical (unpaired) electrons. The van der Waals surface area contributed by atoms with Gasteiger partial charge in [0.1, 0.15) is 5.54 Å². The van der Waals surface area contributed by atoms with E-state index in [1.807, 2.05) is 0 Å². The lowest BCUT2D eigenvalue weighted by molar-refractivity contribution is 0.691. The highest BCUT2D eigenvalue weighted by Gasteiger charge is 2.50. The van der Waals surface area contributed by atoms with Crippen LogP contribution in [0.5, 0.6) is 0 Å². The van der Waals surface area contributed by atoms with E-state index in [0.29, 0.717) is 5.92 Å². The van der Waals surface area contributed by atoms with Crippen molar-refractivity contribution >= 4 is 12.4 Å². The molecular formula is C6H11ClN2. The van der Waals surface area contributed by atoms with Crippen molar-refractivity contribution in [2.24, 2.45) is 11.7 Å². The summed E-state index contributed by atoms with van der Waals surface area (Å²) in [6.07, 6.45) is 1.95. The van der Waals surface area contributed by atoms with Crippen molar-refractivity contribution in [2.75, 3.05) is 0 Å². The molecule has 2 N–H and O–H groups in total. The number of rotatable bonds is 1. The lowest BCUT2D eigenvalue weighted by Crippen LogP contribution is -2.21. The number of hydrogen-bond donors (Lipinski definition) is 1. The van der Waals surface area contributed by atoms with Gasteiger partial charge in [0.25, 0.3) is 0 Å². The molecule has 1 aliphatic carbocycles. The zero-order valence-electron chi connectivity index (χ0n) is 5.42. The Labute approximate surface area is 61.4 Å². The monoisotopic (exact) mass is 146 g/mol. The second kappa shape index (κ2) is 2.55. The number of halogens is 1. The van der Waals surface area contributed by atoms with Crippen LogP contribution in [0, 0.1) is 17.2 Å². The maximum Gasteiger partial charge on any atom is 0.107 e. The van der Waals surface area contributed by atoms with Gasteiger partial charge < -0.3 is 5.73 Å². The summed E-state index contributed by atoms with van der Waals surface area (Å²) in [6, 6.07) is 2.09. The van der Waals surface area contributed by atoms with Crippen LogP contribution in [0.4, 0.5) is 0 Å². The van der Waals surface area contributed by atoms with Crippen molar-refractivity contribution in [3.63, 3.8) is 0 Å². The Hall–Kier alpha value is -0.260. The molecule has 2 atom stereocenters. The molecule has 0 bridgehead atoms. The quantitative estimate of drug-likeness (QED) is 0.602. The fourth-order valence-corrected chi connectivity index (χ4v) is 0.994. The molecule has 0 unspecified atom stereocenters. The Balaban J connectivity index is 0.000000640. The van der Waals surface area contributed by atoms with E-state index in [9.17, 15) is 0 Å². The smallest absolute Gasteiger partial charge is 0.107 e. The molecule has 52 valence electrons. The normalized spacial score (nSPS) is 38.6. The number of nitriles is 1. The van der Waals surface area contributed by atoms with Crippen molar-refractivity contribution in [1.82, 2.24) is 0 Å². The summed E-state index contributed by atoms with van der Waals surface area (Å²) in [7, 11) is 0. The van der Waals surface area contributed by atoms with E-state index in [1.54, 1.807) is 0 Å². The first kappa shape index (κ1) is 8.74. The standard InChI is InChI=1S/C6H10N2.ClH/c1-2-5-3-6(5,8)4-7;/h5H,2-3,8H2,1H3;1H/t5-,6+;/m0./s1. The summed E-state index contributed by atoms with van der Waals surface area (Å²) in [4.78, 5) is 0. The van der Waals surface area contributed by atoms with E-state index in [2.05, 4.69) is 13.0 Å². The molecule has 0 saturated heterocycles. The van der Waals surface area contributed by atoms with Crippen molar-refractivity contribution in [1.29, 1.82) is 5.26 Å². The Bertz CT molecular complexity index is 140. The van der Waals surface area contributed by atoms with E-state index in [1.165, 1.54) is 0 Å². The van der Waals surface area contributed by atoms with Gasteiger partial charge in [-0.2, -0.15) is 5.26 Å². The zero-order chi connectivity index (χ0) is 6.20. The van der Waals surface area contributed by atoms with Crippen molar-refractivity contribution in [3.8, 4) is 6.07 Å². The predicted octanol–water partition coefficient (Wildman–Crippen LogP) is 1.06. The summed E-state index contributed by atoms with van der Waals surface area (Å²) < 4.78 is 0. The fraction of sp³-hybridized carbons (Fsp3) is 0.833. The summed E-state index contributed by atoms with van der Waals surface area (Å²) in [5.74, 6) is 0.479. The molecule has 2 nitrogen and oxygen atoms in total. The van der Waals surface area contributed by atoms with Crippen LogP contribution in [0.3, 0.4) is 0 Å².